The van der Waals surface area contributed by atoms with E-state index in [4.69, 9.17) is 19.3 Å². The molecule has 7 heteroatoms. The Hall–Kier alpha value is -2.54. The first-order chi connectivity index (χ1) is 15.6. The Balaban J connectivity index is 1.66. The summed E-state index contributed by atoms with van der Waals surface area (Å²) in [5.41, 5.74) is 2.80. The van der Waals surface area contributed by atoms with Crippen molar-refractivity contribution in [1.29, 1.82) is 0 Å². The summed E-state index contributed by atoms with van der Waals surface area (Å²) in [5, 5.41) is 6.02. The highest BCUT2D eigenvalue weighted by Gasteiger charge is 2.22. The number of esters is 1. The van der Waals surface area contributed by atoms with Crippen LogP contribution in [0.25, 0.3) is 10.9 Å². The molecule has 6 nitrogen and oxygen atoms in total. The Kier molecular flexibility index (Phi) is 7.35. The fraction of sp³-hybridized carbons (Fsp3) is 0.440. The Morgan fingerprint density at radius 2 is 1.97 bits per heavy atom. The van der Waals surface area contributed by atoms with Crippen molar-refractivity contribution in [2.75, 3.05) is 13.7 Å². The van der Waals surface area contributed by atoms with Crippen LogP contribution in [0.3, 0.4) is 0 Å². The largest absolute Gasteiger partial charge is 0.497 e. The van der Waals surface area contributed by atoms with Crippen molar-refractivity contribution >= 4 is 32.8 Å². The summed E-state index contributed by atoms with van der Waals surface area (Å²) >= 11 is 3.59. The minimum absolute atomic E-state index is 0.154. The number of methoxy groups -OCH3 is 1. The molecule has 1 aliphatic rings. The molecule has 0 saturated heterocycles. The first-order valence-electron chi connectivity index (χ1n) is 11.2. The Morgan fingerprint density at radius 1 is 1.16 bits per heavy atom. The lowest BCUT2D eigenvalue weighted by Crippen LogP contribution is -2.18. The summed E-state index contributed by atoms with van der Waals surface area (Å²) in [5.74, 6) is 1.03. The molecule has 170 valence electrons. The van der Waals surface area contributed by atoms with Crippen molar-refractivity contribution in [3.05, 3.63) is 52.1 Å². The quantitative estimate of drug-likeness (QED) is 0.355. The van der Waals surface area contributed by atoms with Crippen LogP contribution in [0.5, 0.6) is 11.5 Å². The van der Waals surface area contributed by atoms with E-state index < -0.39 is 0 Å². The Bertz CT molecular complexity index is 1090. The van der Waals surface area contributed by atoms with Gasteiger partial charge < -0.3 is 14.2 Å². The van der Waals surface area contributed by atoms with Crippen LogP contribution in [0.4, 0.5) is 0 Å². The zero-order chi connectivity index (χ0) is 22.5. The van der Waals surface area contributed by atoms with Crippen LogP contribution >= 0.6 is 15.9 Å². The number of aromatic nitrogens is 2. The van der Waals surface area contributed by atoms with Gasteiger partial charge in [-0.05, 0) is 44.0 Å². The summed E-state index contributed by atoms with van der Waals surface area (Å²) in [6.45, 7) is 2.51. The minimum atomic E-state index is -0.274. The molecule has 1 aliphatic carbocycles. The molecule has 4 rings (SSSR count). The molecule has 0 unspecified atom stereocenters. The van der Waals surface area contributed by atoms with Gasteiger partial charge in [0.15, 0.2) is 0 Å². The fourth-order valence-corrected chi connectivity index (χ4v) is 4.71. The van der Waals surface area contributed by atoms with Crippen molar-refractivity contribution in [2.24, 2.45) is 0 Å². The zero-order valence-electron chi connectivity index (χ0n) is 18.6. The maximum Gasteiger partial charge on any atom is 0.310 e. The molecule has 1 saturated carbocycles. The summed E-state index contributed by atoms with van der Waals surface area (Å²) in [6, 6.07) is 12.1. The standard InChI is InChI=1S/C25H29BrN2O4/c1-3-31-25(29)13-17-9-11-20(30-2)15-24(17)32-16-23-21-14-18(26)10-12-22(21)27-28(23)19-7-5-4-6-8-19/h9-12,14-15,19H,3-8,13,16H2,1-2H3. The van der Waals surface area contributed by atoms with Crippen LogP contribution in [0.15, 0.2) is 40.9 Å². The second-order valence-corrected chi connectivity index (χ2v) is 9.00. The van der Waals surface area contributed by atoms with Crippen LogP contribution in [-0.4, -0.2) is 29.5 Å². The summed E-state index contributed by atoms with van der Waals surface area (Å²) < 4.78 is 20.0. The molecule has 1 aromatic heterocycles. The van der Waals surface area contributed by atoms with E-state index in [1.807, 2.05) is 30.3 Å². The fourth-order valence-electron chi connectivity index (χ4n) is 4.35. The van der Waals surface area contributed by atoms with Gasteiger partial charge in [-0.1, -0.05) is 41.3 Å². The number of carbonyl (C=O) groups excluding carboxylic acids is 1. The molecule has 0 bridgehead atoms. The van der Waals surface area contributed by atoms with Gasteiger partial charge in [-0.15, -0.1) is 0 Å². The monoisotopic (exact) mass is 500 g/mol. The lowest BCUT2D eigenvalue weighted by molar-refractivity contribution is -0.142. The molecule has 0 N–H and O–H groups in total. The van der Waals surface area contributed by atoms with E-state index in [1.165, 1.54) is 19.3 Å². The van der Waals surface area contributed by atoms with Crippen LogP contribution in [-0.2, 0) is 22.6 Å². The van der Waals surface area contributed by atoms with Gasteiger partial charge in [0.1, 0.15) is 18.1 Å². The maximum atomic E-state index is 12.1. The lowest BCUT2D eigenvalue weighted by Gasteiger charge is -2.24. The average molecular weight is 501 g/mol. The second-order valence-electron chi connectivity index (χ2n) is 8.09. The number of rotatable bonds is 8. The van der Waals surface area contributed by atoms with E-state index in [-0.39, 0.29) is 12.4 Å². The third-order valence-corrected chi connectivity index (χ3v) is 6.45. The molecule has 2 aromatic carbocycles. The van der Waals surface area contributed by atoms with Gasteiger partial charge in [0.05, 0.1) is 37.4 Å². The van der Waals surface area contributed by atoms with Crippen molar-refractivity contribution in [1.82, 2.24) is 9.78 Å². The molecule has 0 atom stereocenters. The minimum Gasteiger partial charge on any atom is -0.497 e. The van der Waals surface area contributed by atoms with Gasteiger partial charge >= 0.3 is 5.97 Å². The normalized spacial score (nSPS) is 14.5. The Labute approximate surface area is 197 Å². The zero-order valence-corrected chi connectivity index (χ0v) is 20.2. The number of nitrogens with zero attached hydrogens (tertiary/aromatic N) is 2. The molecule has 1 fully saturated rings. The van der Waals surface area contributed by atoms with E-state index in [1.54, 1.807) is 14.0 Å². The van der Waals surface area contributed by atoms with Crippen LogP contribution in [0.1, 0.15) is 56.3 Å². The van der Waals surface area contributed by atoms with E-state index in [2.05, 4.69) is 26.7 Å². The van der Waals surface area contributed by atoms with Gasteiger partial charge in [0.25, 0.3) is 0 Å². The van der Waals surface area contributed by atoms with Crippen molar-refractivity contribution in [3.63, 3.8) is 0 Å². The number of ether oxygens (including phenoxy) is 3. The molecular formula is C25H29BrN2O4. The predicted molar refractivity (Wildman–Crippen MR) is 127 cm³/mol. The maximum absolute atomic E-state index is 12.1. The van der Waals surface area contributed by atoms with Gasteiger partial charge in [-0.2, -0.15) is 5.10 Å². The summed E-state index contributed by atoms with van der Waals surface area (Å²) in [7, 11) is 1.62. The van der Waals surface area contributed by atoms with E-state index >= 15 is 0 Å². The smallest absolute Gasteiger partial charge is 0.310 e. The molecule has 0 aliphatic heterocycles. The molecule has 1 heterocycles. The molecule has 0 amide bonds. The molecule has 32 heavy (non-hydrogen) atoms. The van der Waals surface area contributed by atoms with Gasteiger partial charge in [0.2, 0.25) is 0 Å². The number of hydrogen-bond donors (Lipinski definition) is 0. The first kappa shape index (κ1) is 22.6. The molecule has 3 aromatic rings. The van der Waals surface area contributed by atoms with E-state index in [9.17, 15) is 4.79 Å². The molecule has 0 spiro atoms. The number of carbonyl (C=O) groups is 1. The summed E-state index contributed by atoms with van der Waals surface area (Å²) in [6.07, 6.45) is 6.16. The van der Waals surface area contributed by atoms with Crippen molar-refractivity contribution in [2.45, 2.75) is 58.1 Å². The second kappa shape index (κ2) is 10.4. The highest BCUT2D eigenvalue weighted by atomic mass is 79.9. The third kappa shape index (κ3) is 5.09. The van der Waals surface area contributed by atoms with E-state index in [0.717, 1.165) is 39.5 Å². The van der Waals surface area contributed by atoms with Crippen molar-refractivity contribution < 1.29 is 19.0 Å². The van der Waals surface area contributed by atoms with Gasteiger partial charge in [-0.3, -0.25) is 9.48 Å². The van der Waals surface area contributed by atoms with Crippen LogP contribution < -0.4 is 9.47 Å². The number of halogens is 1. The Morgan fingerprint density at radius 3 is 2.72 bits per heavy atom. The van der Waals surface area contributed by atoms with Crippen LogP contribution in [0.2, 0.25) is 0 Å². The van der Waals surface area contributed by atoms with Crippen molar-refractivity contribution in [3.8, 4) is 11.5 Å². The van der Waals surface area contributed by atoms with Gasteiger partial charge in [0, 0.05) is 21.5 Å². The van der Waals surface area contributed by atoms with E-state index in [0.29, 0.717) is 30.8 Å². The third-order valence-electron chi connectivity index (χ3n) is 5.96. The number of fused-ring (bicyclic) bond motifs is 1. The highest BCUT2D eigenvalue weighted by molar-refractivity contribution is 9.10. The topological polar surface area (TPSA) is 62.6 Å². The van der Waals surface area contributed by atoms with Crippen LogP contribution in [0, 0.1) is 0 Å². The molecular weight excluding hydrogens is 472 g/mol. The lowest BCUT2D eigenvalue weighted by atomic mass is 9.95. The SMILES string of the molecule is CCOC(=O)Cc1ccc(OC)cc1OCc1c2cc(Br)ccc2nn1C1CCCCC1. The van der Waals surface area contributed by atoms with Gasteiger partial charge in [-0.25, -0.2) is 0 Å². The highest BCUT2D eigenvalue weighted by Crippen LogP contribution is 2.34. The predicted octanol–water partition coefficient (Wildman–Crippen LogP) is 6.00. The molecule has 0 radical (unpaired) electrons. The summed E-state index contributed by atoms with van der Waals surface area (Å²) in [4.78, 5) is 12.1. The first-order valence-corrected chi connectivity index (χ1v) is 12.0. The number of hydrogen-bond acceptors (Lipinski definition) is 5. The number of benzene rings is 2. The average Bonchev–Trinajstić information content (AvgIpc) is 3.16.